The summed E-state index contributed by atoms with van der Waals surface area (Å²) in [5.74, 6) is 0.284. The summed E-state index contributed by atoms with van der Waals surface area (Å²) in [6.07, 6.45) is -0.953. The van der Waals surface area contributed by atoms with Gasteiger partial charge in [0.15, 0.2) is 6.10 Å². The highest BCUT2D eigenvalue weighted by molar-refractivity contribution is 6.31. The molecule has 3 aromatic rings. The van der Waals surface area contributed by atoms with E-state index in [1.165, 1.54) is 6.92 Å². The van der Waals surface area contributed by atoms with Crippen LogP contribution in [-0.2, 0) is 22.7 Å². The van der Waals surface area contributed by atoms with Gasteiger partial charge >= 0.3 is 5.97 Å². The summed E-state index contributed by atoms with van der Waals surface area (Å²) >= 11 is 6.08. The normalized spacial score (nSPS) is 11.6. The zero-order valence-electron chi connectivity index (χ0n) is 17.5. The zero-order chi connectivity index (χ0) is 22.4. The van der Waals surface area contributed by atoms with Gasteiger partial charge in [-0.3, -0.25) is 4.79 Å². The van der Waals surface area contributed by atoms with E-state index in [2.05, 4.69) is 10.5 Å². The maximum absolute atomic E-state index is 12.3. The fourth-order valence-corrected chi connectivity index (χ4v) is 3.00. The lowest BCUT2D eigenvalue weighted by Crippen LogP contribution is -2.35. The topological polar surface area (TPSA) is 90.7 Å². The molecule has 1 heterocycles. The van der Waals surface area contributed by atoms with Gasteiger partial charge in [0.2, 0.25) is 0 Å². The quantitative estimate of drug-likeness (QED) is 0.520. The lowest BCUT2D eigenvalue weighted by atomic mass is 10.2. The minimum Gasteiger partial charge on any atom is -0.489 e. The maximum Gasteiger partial charge on any atom is 0.338 e. The maximum atomic E-state index is 12.3. The number of nitrogens with zero attached hydrogens (tertiary/aromatic N) is 1. The number of hydrogen-bond donors (Lipinski definition) is 1. The average Bonchev–Trinajstić information content (AvgIpc) is 3.09. The number of rotatable bonds is 8. The molecule has 162 valence electrons. The largest absolute Gasteiger partial charge is 0.489 e. The zero-order valence-corrected chi connectivity index (χ0v) is 18.2. The van der Waals surface area contributed by atoms with Crippen molar-refractivity contribution < 1.29 is 23.6 Å². The molecule has 0 aliphatic rings. The molecule has 0 spiro atoms. The Morgan fingerprint density at radius 2 is 1.84 bits per heavy atom. The fourth-order valence-electron chi connectivity index (χ4n) is 2.80. The minimum atomic E-state index is -0.953. The Hall–Kier alpha value is -3.32. The number of aromatic nitrogens is 1. The Morgan fingerprint density at radius 3 is 2.48 bits per heavy atom. The molecule has 0 bridgehead atoms. The molecular formula is C23H23ClN2O5. The Balaban J connectivity index is 1.50. The van der Waals surface area contributed by atoms with Gasteiger partial charge in [0.05, 0.1) is 16.8 Å². The standard InChI is InChI=1S/C23H23ClN2O5/c1-14-20(15(2)31-26-14)13-29-19-10-8-17(9-11-19)23(28)30-16(3)22(27)25-12-18-6-4-5-7-21(18)24/h4-11,16H,12-13H2,1-3H3,(H,25,27). The Labute approximate surface area is 185 Å². The van der Waals surface area contributed by atoms with E-state index in [1.54, 1.807) is 30.3 Å². The number of nitrogens with one attached hydrogen (secondary N) is 1. The van der Waals surface area contributed by atoms with E-state index >= 15 is 0 Å². The van der Waals surface area contributed by atoms with Crippen LogP contribution < -0.4 is 10.1 Å². The van der Waals surface area contributed by atoms with Crippen LogP contribution in [0.15, 0.2) is 53.1 Å². The predicted molar refractivity (Wildman–Crippen MR) is 115 cm³/mol. The van der Waals surface area contributed by atoms with Crippen LogP contribution in [0, 0.1) is 13.8 Å². The van der Waals surface area contributed by atoms with Crippen molar-refractivity contribution in [1.29, 1.82) is 0 Å². The van der Waals surface area contributed by atoms with E-state index in [1.807, 2.05) is 32.0 Å². The predicted octanol–water partition coefficient (Wildman–Crippen LogP) is 4.39. The van der Waals surface area contributed by atoms with Gasteiger partial charge in [0.1, 0.15) is 18.1 Å². The van der Waals surface area contributed by atoms with Crippen molar-refractivity contribution in [2.45, 2.75) is 40.0 Å². The third kappa shape index (κ3) is 5.86. The SMILES string of the molecule is Cc1noc(C)c1COc1ccc(C(=O)OC(C)C(=O)NCc2ccccc2Cl)cc1. The molecule has 3 rings (SSSR count). The minimum absolute atomic E-state index is 0.248. The molecule has 2 aromatic carbocycles. The highest BCUT2D eigenvalue weighted by Gasteiger charge is 2.19. The molecular weight excluding hydrogens is 420 g/mol. The summed E-state index contributed by atoms with van der Waals surface area (Å²) in [6.45, 7) is 5.75. The lowest BCUT2D eigenvalue weighted by molar-refractivity contribution is -0.129. The molecule has 1 N–H and O–H groups in total. The molecule has 1 amide bonds. The number of benzene rings is 2. The lowest BCUT2D eigenvalue weighted by Gasteiger charge is -2.14. The Kier molecular flexibility index (Phi) is 7.31. The van der Waals surface area contributed by atoms with Crippen LogP contribution in [0.5, 0.6) is 5.75 Å². The smallest absolute Gasteiger partial charge is 0.338 e. The summed E-state index contributed by atoms with van der Waals surface area (Å²) in [6, 6.07) is 13.7. The number of carbonyl (C=O) groups is 2. The van der Waals surface area contributed by atoms with Crippen molar-refractivity contribution >= 4 is 23.5 Å². The van der Waals surface area contributed by atoms with Crippen LogP contribution in [-0.4, -0.2) is 23.1 Å². The molecule has 0 radical (unpaired) electrons. The number of amides is 1. The van der Waals surface area contributed by atoms with Crippen molar-refractivity contribution in [2.75, 3.05) is 0 Å². The van der Waals surface area contributed by atoms with Crippen LogP contribution in [0.2, 0.25) is 5.02 Å². The highest BCUT2D eigenvalue weighted by Crippen LogP contribution is 2.19. The molecule has 0 aliphatic carbocycles. The number of hydrogen-bond acceptors (Lipinski definition) is 6. The molecule has 1 unspecified atom stereocenters. The molecule has 8 heteroatoms. The third-order valence-electron chi connectivity index (χ3n) is 4.72. The Morgan fingerprint density at radius 1 is 1.13 bits per heavy atom. The van der Waals surface area contributed by atoms with Crippen molar-refractivity contribution in [1.82, 2.24) is 10.5 Å². The highest BCUT2D eigenvalue weighted by atomic mass is 35.5. The summed E-state index contributed by atoms with van der Waals surface area (Å²) in [4.78, 5) is 24.6. The second-order valence-corrected chi connectivity index (χ2v) is 7.38. The van der Waals surface area contributed by atoms with Gasteiger partial charge in [0, 0.05) is 11.6 Å². The Bertz CT molecular complexity index is 1040. The van der Waals surface area contributed by atoms with E-state index in [4.69, 9.17) is 25.6 Å². The first-order valence-electron chi connectivity index (χ1n) is 9.72. The molecule has 0 aliphatic heterocycles. The molecule has 0 fully saturated rings. The van der Waals surface area contributed by atoms with E-state index in [-0.39, 0.29) is 6.54 Å². The number of halogens is 1. The van der Waals surface area contributed by atoms with Gasteiger partial charge in [-0.2, -0.15) is 0 Å². The van der Waals surface area contributed by atoms with Gasteiger partial charge in [-0.05, 0) is 56.7 Å². The molecule has 0 saturated carbocycles. The van der Waals surface area contributed by atoms with Gasteiger partial charge in [-0.25, -0.2) is 4.79 Å². The van der Waals surface area contributed by atoms with E-state index < -0.39 is 18.0 Å². The third-order valence-corrected chi connectivity index (χ3v) is 5.09. The molecule has 0 saturated heterocycles. The van der Waals surface area contributed by atoms with Crippen molar-refractivity contribution in [3.8, 4) is 5.75 Å². The summed E-state index contributed by atoms with van der Waals surface area (Å²) in [5.41, 5.74) is 2.76. The van der Waals surface area contributed by atoms with Crippen LogP contribution in [0.3, 0.4) is 0 Å². The summed E-state index contributed by atoms with van der Waals surface area (Å²) < 4.78 is 16.1. The van der Waals surface area contributed by atoms with Crippen molar-refractivity contribution in [2.24, 2.45) is 0 Å². The van der Waals surface area contributed by atoms with Gasteiger partial charge in [-0.15, -0.1) is 0 Å². The first kappa shape index (κ1) is 22.4. The van der Waals surface area contributed by atoms with E-state index in [9.17, 15) is 9.59 Å². The molecule has 31 heavy (non-hydrogen) atoms. The van der Waals surface area contributed by atoms with Crippen molar-refractivity contribution in [3.05, 3.63) is 81.7 Å². The summed E-state index contributed by atoms with van der Waals surface area (Å²) in [7, 11) is 0. The van der Waals surface area contributed by atoms with Gasteiger partial charge < -0.3 is 19.3 Å². The van der Waals surface area contributed by atoms with Gasteiger partial charge in [-0.1, -0.05) is 35.0 Å². The molecule has 1 atom stereocenters. The number of esters is 1. The molecule has 1 aromatic heterocycles. The van der Waals surface area contributed by atoms with E-state index in [0.717, 1.165) is 16.8 Å². The first-order chi connectivity index (χ1) is 14.8. The van der Waals surface area contributed by atoms with E-state index in [0.29, 0.717) is 28.7 Å². The van der Waals surface area contributed by atoms with Gasteiger partial charge in [0.25, 0.3) is 5.91 Å². The van der Waals surface area contributed by atoms with Crippen LogP contribution >= 0.6 is 11.6 Å². The average molecular weight is 443 g/mol. The number of aryl methyl sites for hydroxylation is 2. The fraction of sp³-hybridized carbons (Fsp3) is 0.261. The van der Waals surface area contributed by atoms with Crippen LogP contribution in [0.25, 0.3) is 0 Å². The first-order valence-corrected chi connectivity index (χ1v) is 10.1. The van der Waals surface area contributed by atoms with Crippen molar-refractivity contribution in [3.63, 3.8) is 0 Å². The second-order valence-electron chi connectivity index (χ2n) is 6.97. The monoisotopic (exact) mass is 442 g/mol. The number of carbonyl (C=O) groups excluding carboxylic acids is 2. The van der Waals surface area contributed by atoms with Crippen LogP contribution in [0.4, 0.5) is 0 Å². The second kappa shape index (κ2) is 10.1. The van der Waals surface area contributed by atoms with Crippen LogP contribution in [0.1, 0.15) is 39.9 Å². The summed E-state index contributed by atoms with van der Waals surface area (Å²) in [5, 5.41) is 7.16. The molecule has 7 nitrogen and oxygen atoms in total. The number of ether oxygens (including phenoxy) is 2.